The number of hydrogen-bond donors (Lipinski definition) is 2. The summed E-state index contributed by atoms with van der Waals surface area (Å²) in [4.78, 5) is 19.1. The lowest BCUT2D eigenvalue weighted by atomic mass is 10.4. The molecule has 2 N–H and O–H groups in total. The maximum absolute atomic E-state index is 11.3. The van der Waals surface area contributed by atoms with E-state index in [1.54, 1.807) is 19.4 Å². The molecule has 0 aliphatic carbocycles. The van der Waals surface area contributed by atoms with Crippen molar-refractivity contribution in [2.45, 2.75) is 6.54 Å². The maximum atomic E-state index is 11.3. The first-order valence-corrected chi connectivity index (χ1v) is 5.04. The average Bonchev–Trinajstić information content (AvgIpc) is 2.33. The topological polar surface area (TPSA) is 76.1 Å². The second-order valence-electron chi connectivity index (χ2n) is 3.15. The number of carbonyl (C=O) groups excluding carboxylic acids is 1. The summed E-state index contributed by atoms with van der Waals surface area (Å²) in [7, 11) is 1.62. The van der Waals surface area contributed by atoms with Crippen LogP contribution in [0.4, 0.5) is 0 Å². The van der Waals surface area contributed by atoms with Crippen molar-refractivity contribution >= 4 is 5.91 Å². The van der Waals surface area contributed by atoms with Crippen LogP contribution in [0.1, 0.15) is 5.69 Å². The predicted molar refractivity (Wildman–Crippen MR) is 58.6 cm³/mol. The molecule has 0 saturated heterocycles. The molecule has 0 aliphatic heterocycles. The van der Waals surface area contributed by atoms with Crippen LogP contribution in [-0.2, 0) is 16.1 Å². The largest absolute Gasteiger partial charge is 0.383 e. The van der Waals surface area contributed by atoms with Crippen LogP contribution in [0.15, 0.2) is 18.6 Å². The molecule has 0 spiro atoms. The SMILES string of the molecule is COCCNCC(=O)NCc1ccncn1. The Morgan fingerprint density at radius 3 is 3.12 bits per heavy atom. The van der Waals surface area contributed by atoms with E-state index in [-0.39, 0.29) is 12.5 Å². The van der Waals surface area contributed by atoms with E-state index in [1.807, 2.05) is 0 Å². The summed E-state index contributed by atoms with van der Waals surface area (Å²) < 4.78 is 4.84. The second-order valence-corrected chi connectivity index (χ2v) is 3.15. The molecule has 0 aromatic carbocycles. The Hall–Kier alpha value is -1.53. The minimum absolute atomic E-state index is 0.0604. The second kappa shape index (κ2) is 7.72. The maximum Gasteiger partial charge on any atom is 0.234 e. The van der Waals surface area contributed by atoms with E-state index in [1.165, 1.54) is 6.33 Å². The molecule has 6 heteroatoms. The number of hydrogen-bond acceptors (Lipinski definition) is 5. The number of carbonyl (C=O) groups is 1. The van der Waals surface area contributed by atoms with Crippen LogP contribution in [0.3, 0.4) is 0 Å². The number of aromatic nitrogens is 2. The molecule has 1 rings (SSSR count). The Balaban J connectivity index is 2.11. The summed E-state index contributed by atoms with van der Waals surface area (Å²) in [5.74, 6) is -0.0604. The minimum atomic E-state index is -0.0604. The lowest BCUT2D eigenvalue weighted by Gasteiger charge is -2.05. The van der Waals surface area contributed by atoms with Crippen LogP contribution in [0.2, 0.25) is 0 Å². The zero-order valence-corrected chi connectivity index (χ0v) is 9.27. The van der Waals surface area contributed by atoms with Gasteiger partial charge in [0, 0.05) is 19.9 Å². The van der Waals surface area contributed by atoms with Gasteiger partial charge in [0.15, 0.2) is 0 Å². The van der Waals surface area contributed by atoms with Crippen LogP contribution in [0, 0.1) is 0 Å². The van der Waals surface area contributed by atoms with Gasteiger partial charge in [-0.05, 0) is 6.07 Å². The fraction of sp³-hybridized carbons (Fsp3) is 0.500. The molecule has 0 unspecified atom stereocenters. The van der Waals surface area contributed by atoms with Crippen molar-refractivity contribution < 1.29 is 9.53 Å². The number of ether oxygens (including phenoxy) is 1. The van der Waals surface area contributed by atoms with Crippen LogP contribution in [0.5, 0.6) is 0 Å². The highest BCUT2D eigenvalue weighted by molar-refractivity contribution is 5.77. The first-order chi connectivity index (χ1) is 7.83. The Morgan fingerprint density at radius 2 is 2.44 bits per heavy atom. The summed E-state index contributed by atoms with van der Waals surface area (Å²) in [6.45, 7) is 1.97. The van der Waals surface area contributed by atoms with E-state index in [0.717, 1.165) is 5.69 Å². The molecule has 0 bridgehead atoms. The molecule has 88 valence electrons. The van der Waals surface area contributed by atoms with Crippen molar-refractivity contribution in [3.63, 3.8) is 0 Å². The molecule has 0 atom stereocenters. The van der Waals surface area contributed by atoms with Crippen molar-refractivity contribution in [2.24, 2.45) is 0 Å². The van der Waals surface area contributed by atoms with E-state index in [4.69, 9.17) is 4.74 Å². The fourth-order valence-corrected chi connectivity index (χ4v) is 1.05. The fourth-order valence-electron chi connectivity index (χ4n) is 1.05. The third kappa shape index (κ3) is 5.38. The molecule has 1 aromatic rings. The molecule has 16 heavy (non-hydrogen) atoms. The Labute approximate surface area is 94.4 Å². The number of nitrogens with one attached hydrogen (secondary N) is 2. The van der Waals surface area contributed by atoms with Gasteiger partial charge in [0.05, 0.1) is 25.4 Å². The van der Waals surface area contributed by atoms with E-state index in [9.17, 15) is 4.79 Å². The van der Waals surface area contributed by atoms with Crippen LogP contribution in [-0.4, -0.2) is 42.7 Å². The van der Waals surface area contributed by atoms with Crippen molar-refractivity contribution in [3.8, 4) is 0 Å². The molecule has 6 nitrogen and oxygen atoms in total. The minimum Gasteiger partial charge on any atom is -0.383 e. The van der Waals surface area contributed by atoms with Gasteiger partial charge in [-0.25, -0.2) is 9.97 Å². The van der Waals surface area contributed by atoms with E-state index >= 15 is 0 Å². The highest BCUT2D eigenvalue weighted by Crippen LogP contribution is 1.88. The molecule has 1 aromatic heterocycles. The summed E-state index contributed by atoms with van der Waals surface area (Å²) in [6, 6.07) is 1.76. The van der Waals surface area contributed by atoms with Gasteiger partial charge in [0.25, 0.3) is 0 Å². The third-order valence-corrected chi connectivity index (χ3v) is 1.88. The lowest BCUT2D eigenvalue weighted by Crippen LogP contribution is -2.34. The smallest absolute Gasteiger partial charge is 0.234 e. The first-order valence-electron chi connectivity index (χ1n) is 5.04. The lowest BCUT2D eigenvalue weighted by molar-refractivity contribution is -0.120. The summed E-state index contributed by atoms with van der Waals surface area (Å²) in [5.41, 5.74) is 0.792. The summed E-state index contributed by atoms with van der Waals surface area (Å²) in [5, 5.41) is 5.70. The number of amides is 1. The Morgan fingerprint density at radius 1 is 1.56 bits per heavy atom. The highest BCUT2D eigenvalue weighted by Gasteiger charge is 2.00. The standard InChI is InChI=1S/C10H16N4O2/c1-16-5-4-11-7-10(15)13-6-9-2-3-12-8-14-9/h2-3,8,11H,4-7H2,1H3,(H,13,15). The van der Waals surface area contributed by atoms with Crippen molar-refractivity contribution in [1.29, 1.82) is 0 Å². The molecular weight excluding hydrogens is 208 g/mol. The van der Waals surface area contributed by atoms with Gasteiger partial charge < -0.3 is 15.4 Å². The predicted octanol–water partition coefficient (Wildman–Crippen LogP) is -0.671. The number of methoxy groups -OCH3 is 1. The summed E-state index contributed by atoms with van der Waals surface area (Å²) >= 11 is 0. The van der Waals surface area contributed by atoms with E-state index < -0.39 is 0 Å². The quantitative estimate of drug-likeness (QED) is 0.601. The third-order valence-electron chi connectivity index (χ3n) is 1.88. The molecule has 0 fully saturated rings. The zero-order chi connectivity index (χ0) is 11.6. The van der Waals surface area contributed by atoms with Gasteiger partial charge in [-0.15, -0.1) is 0 Å². The van der Waals surface area contributed by atoms with Gasteiger partial charge in [-0.1, -0.05) is 0 Å². The molecule has 0 saturated carbocycles. The molecule has 0 radical (unpaired) electrons. The van der Waals surface area contributed by atoms with Crippen molar-refractivity contribution in [2.75, 3.05) is 26.8 Å². The monoisotopic (exact) mass is 224 g/mol. The van der Waals surface area contributed by atoms with Crippen LogP contribution in [0.25, 0.3) is 0 Å². The molecule has 1 amide bonds. The number of nitrogens with zero attached hydrogens (tertiary/aromatic N) is 2. The number of rotatable bonds is 7. The highest BCUT2D eigenvalue weighted by atomic mass is 16.5. The van der Waals surface area contributed by atoms with E-state index in [0.29, 0.717) is 19.7 Å². The molecular formula is C10H16N4O2. The first kappa shape index (κ1) is 12.5. The van der Waals surface area contributed by atoms with Crippen molar-refractivity contribution in [1.82, 2.24) is 20.6 Å². The van der Waals surface area contributed by atoms with Crippen LogP contribution >= 0.6 is 0 Å². The van der Waals surface area contributed by atoms with Gasteiger partial charge in [0.1, 0.15) is 6.33 Å². The van der Waals surface area contributed by atoms with Crippen LogP contribution < -0.4 is 10.6 Å². The van der Waals surface area contributed by atoms with Crippen molar-refractivity contribution in [3.05, 3.63) is 24.3 Å². The van der Waals surface area contributed by atoms with Gasteiger partial charge >= 0.3 is 0 Å². The van der Waals surface area contributed by atoms with Gasteiger partial charge in [-0.3, -0.25) is 4.79 Å². The Kier molecular flexibility index (Phi) is 6.05. The normalized spacial score (nSPS) is 10.1. The Bertz CT molecular complexity index is 305. The van der Waals surface area contributed by atoms with Gasteiger partial charge in [0.2, 0.25) is 5.91 Å². The summed E-state index contributed by atoms with van der Waals surface area (Å²) in [6.07, 6.45) is 3.10. The molecule has 0 aliphatic rings. The average molecular weight is 224 g/mol. The molecule has 1 heterocycles. The zero-order valence-electron chi connectivity index (χ0n) is 9.27. The van der Waals surface area contributed by atoms with Gasteiger partial charge in [-0.2, -0.15) is 0 Å². The van der Waals surface area contributed by atoms with E-state index in [2.05, 4.69) is 20.6 Å².